The van der Waals surface area contributed by atoms with E-state index in [1.807, 2.05) is 30.3 Å². The Morgan fingerprint density at radius 2 is 2.05 bits per heavy atom. The minimum atomic E-state index is 0.396. The van der Waals surface area contributed by atoms with Crippen LogP contribution in [0.1, 0.15) is 5.69 Å². The molecular formula is C15H15N5O. The average molecular weight is 281 g/mol. The topological polar surface area (TPSA) is 86.0 Å². The number of benzene rings is 1. The molecule has 0 aliphatic rings. The van der Waals surface area contributed by atoms with Gasteiger partial charge in [0.05, 0.1) is 17.8 Å². The van der Waals surface area contributed by atoms with E-state index in [-0.39, 0.29) is 0 Å². The molecule has 0 aliphatic carbocycles. The van der Waals surface area contributed by atoms with Gasteiger partial charge >= 0.3 is 0 Å². The van der Waals surface area contributed by atoms with E-state index in [2.05, 4.69) is 20.4 Å². The summed E-state index contributed by atoms with van der Waals surface area (Å²) in [7, 11) is 1.62. The third-order valence-corrected chi connectivity index (χ3v) is 3.11. The predicted octanol–water partition coefficient (Wildman–Crippen LogP) is 2.12. The lowest BCUT2D eigenvalue weighted by Gasteiger charge is -2.09. The number of nitrogens with one attached hydrogen (secondary N) is 1. The van der Waals surface area contributed by atoms with Gasteiger partial charge in [0, 0.05) is 30.3 Å². The van der Waals surface area contributed by atoms with Gasteiger partial charge in [0.1, 0.15) is 5.82 Å². The largest absolute Gasteiger partial charge is 0.378 e. The van der Waals surface area contributed by atoms with E-state index in [1.165, 1.54) is 0 Å². The first-order valence-corrected chi connectivity index (χ1v) is 6.49. The van der Waals surface area contributed by atoms with Crippen molar-refractivity contribution in [3.05, 3.63) is 48.3 Å². The maximum atomic E-state index is 5.48. The van der Waals surface area contributed by atoms with Crippen molar-refractivity contribution >= 4 is 16.7 Å². The number of nitrogen functional groups attached to an aromatic ring is 1. The number of nitrogens with zero attached hydrogens (tertiary/aromatic N) is 3. The molecular weight excluding hydrogens is 266 g/mol. The van der Waals surface area contributed by atoms with Crippen molar-refractivity contribution in [2.75, 3.05) is 12.5 Å². The standard InChI is InChI=1S/C15H15N5O/c1-21-9-10-8-14(20-16)19-15(18-10)12-6-7-17-13-5-3-2-4-11(12)13/h2-8H,9,16H2,1H3,(H,18,19,20). The number of hydrogen-bond donors (Lipinski definition) is 2. The number of nitrogens with two attached hydrogens (primary N) is 1. The Balaban J connectivity index is 2.20. The van der Waals surface area contributed by atoms with Crippen LogP contribution in [0.2, 0.25) is 0 Å². The zero-order valence-electron chi connectivity index (χ0n) is 11.6. The normalized spacial score (nSPS) is 10.8. The van der Waals surface area contributed by atoms with Gasteiger partial charge in [0.25, 0.3) is 0 Å². The van der Waals surface area contributed by atoms with Crippen LogP contribution in [-0.2, 0) is 11.3 Å². The maximum Gasteiger partial charge on any atom is 0.162 e. The Hall–Kier alpha value is -2.57. The molecule has 21 heavy (non-hydrogen) atoms. The fourth-order valence-electron chi connectivity index (χ4n) is 2.20. The van der Waals surface area contributed by atoms with Gasteiger partial charge in [0.2, 0.25) is 0 Å². The van der Waals surface area contributed by atoms with E-state index in [0.717, 1.165) is 22.2 Å². The van der Waals surface area contributed by atoms with E-state index in [9.17, 15) is 0 Å². The minimum absolute atomic E-state index is 0.396. The summed E-state index contributed by atoms with van der Waals surface area (Å²) >= 11 is 0. The molecule has 6 nitrogen and oxygen atoms in total. The first-order valence-electron chi connectivity index (χ1n) is 6.49. The summed E-state index contributed by atoms with van der Waals surface area (Å²) in [5, 5.41) is 0.998. The molecule has 0 amide bonds. The van der Waals surface area contributed by atoms with Crippen molar-refractivity contribution in [1.29, 1.82) is 0 Å². The highest BCUT2D eigenvalue weighted by atomic mass is 16.5. The number of para-hydroxylation sites is 1. The fourth-order valence-corrected chi connectivity index (χ4v) is 2.20. The van der Waals surface area contributed by atoms with Crippen LogP contribution in [0, 0.1) is 0 Å². The molecule has 2 aromatic heterocycles. The van der Waals surface area contributed by atoms with Crippen LogP contribution >= 0.6 is 0 Å². The van der Waals surface area contributed by atoms with E-state index >= 15 is 0 Å². The minimum Gasteiger partial charge on any atom is -0.378 e. The molecule has 3 aromatic rings. The number of anilines is 1. The molecule has 0 aliphatic heterocycles. The van der Waals surface area contributed by atoms with Crippen molar-refractivity contribution in [3.8, 4) is 11.4 Å². The highest BCUT2D eigenvalue weighted by Gasteiger charge is 2.10. The lowest BCUT2D eigenvalue weighted by Crippen LogP contribution is -2.11. The smallest absolute Gasteiger partial charge is 0.162 e. The predicted molar refractivity (Wildman–Crippen MR) is 81.3 cm³/mol. The second-order valence-electron chi connectivity index (χ2n) is 4.52. The molecule has 1 aromatic carbocycles. The van der Waals surface area contributed by atoms with E-state index in [0.29, 0.717) is 18.2 Å². The molecule has 0 saturated carbocycles. The summed E-state index contributed by atoms with van der Waals surface area (Å²) in [6, 6.07) is 11.5. The highest BCUT2D eigenvalue weighted by molar-refractivity contribution is 5.92. The van der Waals surface area contributed by atoms with Crippen LogP contribution in [0.15, 0.2) is 42.6 Å². The highest BCUT2D eigenvalue weighted by Crippen LogP contribution is 2.25. The summed E-state index contributed by atoms with van der Waals surface area (Å²) in [5.41, 5.74) is 5.14. The van der Waals surface area contributed by atoms with Gasteiger partial charge in [-0.1, -0.05) is 18.2 Å². The van der Waals surface area contributed by atoms with Gasteiger partial charge in [-0.05, 0) is 12.1 Å². The fraction of sp³-hybridized carbons (Fsp3) is 0.133. The van der Waals surface area contributed by atoms with Crippen molar-refractivity contribution in [3.63, 3.8) is 0 Å². The first-order chi connectivity index (χ1) is 10.3. The van der Waals surface area contributed by atoms with Crippen molar-refractivity contribution in [1.82, 2.24) is 15.0 Å². The number of hydrogen-bond acceptors (Lipinski definition) is 6. The second-order valence-corrected chi connectivity index (χ2v) is 4.52. The molecule has 3 rings (SSSR count). The van der Waals surface area contributed by atoms with Crippen LogP contribution in [0.25, 0.3) is 22.3 Å². The number of hydrazine groups is 1. The summed E-state index contributed by atoms with van der Waals surface area (Å²) < 4.78 is 5.13. The molecule has 106 valence electrons. The SMILES string of the molecule is COCc1cc(NN)nc(-c2ccnc3ccccc23)n1. The van der Waals surface area contributed by atoms with Crippen LogP contribution < -0.4 is 11.3 Å². The Kier molecular flexibility index (Phi) is 3.72. The number of methoxy groups -OCH3 is 1. The molecule has 6 heteroatoms. The average Bonchev–Trinajstić information content (AvgIpc) is 2.54. The van der Waals surface area contributed by atoms with Crippen LogP contribution in [0.4, 0.5) is 5.82 Å². The molecule has 0 atom stereocenters. The number of pyridine rings is 1. The van der Waals surface area contributed by atoms with Gasteiger partial charge in [-0.2, -0.15) is 0 Å². The summed E-state index contributed by atoms with van der Waals surface area (Å²) in [6.07, 6.45) is 1.75. The molecule has 0 radical (unpaired) electrons. The zero-order valence-corrected chi connectivity index (χ0v) is 11.6. The van der Waals surface area contributed by atoms with Crippen molar-refractivity contribution < 1.29 is 4.74 Å². The summed E-state index contributed by atoms with van der Waals surface area (Å²) in [4.78, 5) is 13.3. The van der Waals surface area contributed by atoms with Gasteiger partial charge in [0.15, 0.2) is 5.82 Å². The van der Waals surface area contributed by atoms with Crippen molar-refractivity contribution in [2.45, 2.75) is 6.61 Å². The third kappa shape index (κ3) is 2.67. The molecule has 0 spiro atoms. The number of rotatable bonds is 4. The second kappa shape index (κ2) is 5.82. The lowest BCUT2D eigenvalue weighted by atomic mass is 10.1. The number of fused-ring (bicyclic) bond motifs is 1. The zero-order chi connectivity index (χ0) is 14.7. The van der Waals surface area contributed by atoms with Gasteiger partial charge in [-0.25, -0.2) is 15.8 Å². The summed E-state index contributed by atoms with van der Waals surface area (Å²) in [6.45, 7) is 0.396. The maximum absolute atomic E-state index is 5.48. The van der Waals surface area contributed by atoms with Gasteiger partial charge in [-0.3, -0.25) is 4.98 Å². The Labute approximate surface area is 122 Å². The first kappa shape index (κ1) is 13.4. The molecule has 2 heterocycles. The number of aromatic nitrogens is 3. The molecule has 0 fully saturated rings. The molecule has 0 unspecified atom stereocenters. The Morgan fingerprint density at radius 1 is 1.19 bits per heavy atom. The van der Waals surface area contributed by atoms with E-state index < -0.39 is 0 Å². The number of ether oxygens (including phenoxy) is 1. The van der Waals surface area contributed by atoms with Crippen LogP contribution in [-0.4, -0.2) is 22.1 Å². The summed E-state index contributed by atoms with van der Waals surface area (Å²) in [5.74, 6) is 6.62. The van der Waals surface area contributed by atoms with Gasteiger partial charge in [-0.15, -0.1) is 0 Å². The lowest BCUT2D eigenvalue weighted by molar-refractivity contribution is 0.181. The molecule has 0 saturated heterocycles. The van der Waals surface area contributed by atoms with Crippen LogP contribution in [0.3, 0.4) is 0 Å². The quantitative estimate of drug-likeness (QED) is 0.563. The van der Waals surface area contributed by atoms with E-state index in [4.69, 9.17) is 10.6 Å². The molecule has 3 N–H and O–H groups in total. The molecule has 0 bridgehead atoms. The van der Waals surface area contributed by atoms with Crippen molar-refractivity contribution in [2.24, 2.45) is 5.84 Å². The Bertz CT molecular complexity index is 770. The Morgan fingerprint density at radius 3 is 2.86 bits per heavy atom. The van der Waals surface area contributed by atoms with Crippen LogP contribution in [0.5, 0.6) is 0 Å². The monoisotopic (exact) mass is 281 g/mol. The third-order valence-electron chi connectivity index (χ3n) is 3.11. The van der Waals surface area contributed by atoms with E-state index in [1.54, 1.807) is 19.4 Å². The van der Waals surface area contributed by atoms with Gasteiger partial charge < -0.3 is 10.2 Å².